The summed E-state index contributed by atoms with van der Waals surface area (Å²) in [7, 11) is 0. The van der Waals surface area contributed by atoms with Crippen LogP contribution in [0.3, 0.4) is 0 Å². The first-order valence-corrected chi connectivity index (χ1v) is 8.99. The minimum absolute atomic E-state index is 0.0374. The van der Waals surface area contributed by atoms with Gasteiger partial charge in [0.25, 0.3) is 3.79 Å². The molecule has 0 unspecified atom stereocenters. The predicted octanol–water partition coefficient (Wildman–Crippen LogP) is 2.20. The molecule has 0 aromatic heterocycles. The third-order valence-corrected chi connectivity index (χ3v) is 4.47. The first-order chi connectivity index (χ1) is 11.3. The van der Waals surface area contributed by atoms with Crippen LogP contribution in [0.1, 0.15) is 19.4 Å². The Morgan fingerprint density at radius 3 is 2.38 bits per heavy atom. The number of rotatable bonds is 4. The van der Waals surface area contributed by atoms with E-state index < -0.39 is 9.96 Å². The van der Waals surface area contributed by atoms with Gasteiger partial charge in [0.15, 0.2) is 0 Å². The number of benzene rings is 1. The standard InChI is InChI=1S/C17H21Cl3N2O2/c1-12-10-22(11-13(2)24-12)16(17(18,19)20)21-15(23)9-8-14-6-4-3-5-7-14/h3-9,12-13,16H,10-11H2,1-2H3,(H,21,23)/p+1/b9-8+/t12-,13-,16+/m1/s1. The molecule has 4 nitrogen and oxygen atoms in total. The Bertz CT molecular complexity index is 565. The Morgan fingerprint density at radius 1 is 1.25 bits per heavy atom. The van der Waals surface area contributed by atoms with Crippen LogP contribution in [0.5, 0.6) is 0 Å². The SMILES string of the molecule is C[C@@H]1C[NH+]([C@H](NC(=O)/C=C/c2ccccc2)C(Cl)(Cl)Cl)C[C@@H](C)O1. The summed E-state index contributed by atoms with van der Waals surface area (Å²) in [6.07, 6.45) is 2.60. The third kappa shape index (κ3) is 5.94. The maximum atomic E-state index is 12.3. The number of ether oxygens (including phenoxy) is 1. The van der Waals surface area contributed by atoms with Crippen LogP contribution in [0.15, 0.2) is 36.4 Å². The first-order valence-electron chi connectivity index (χ1n) is 7.86. The molecule has 2 rings (SSSR count). The second-order valence-electron chi connectivity index (χ2n) is 6.05. The van der Waals surface area contributed by atoms with E-state index in [1.807, 2.05) is 44.2 Å². The number of hydrogen-bond acceptors (Lipinski definition) is 2. The molecule has 1 saturated heterocycles. The number of morpholine rings is 1. The Kier molecular flexibility index (Phi) is 6.96. The van der Waals surface area contributed by atoms with E-state index >= 15 is 0 Å². The van der Waals surface area contributed by atoms with E-state index in [2.05, 4.69) is 5.32 Å². The molecule has 1 aromatic carbocycles. The smallest absolute Gasteiger partial charge is 0.262 e. The third-order valence-electron chi connectivity index (χ3n) is 3.81. The number of nitrogens with one attached hydrogen (secondary N) is 2. The Balaban J connectivity index is 2.06. The van der Waals surface area contributed by atoms with Crippen molar-refractivity contribution in [2.75, 3.05) is 13.1 Å². The van der Waals surface area contributed by atoms with Gasteiger partial charge in [-0.05, 0) is 25.5 Å². The molecular formula is C17H22Cl3N2O2+. The summed E-state index contributed by atoms with van der Waals surface area (Å²) in [5, 5.41) is 2.82. The van der Waals surface area contributed by atoms with E-state index in [-0.39, 0.29) is 18.1 Å². The largest absolute Gasteiger partial charge is 0.364 e. The van der Waals surface area contributed by atoms with Gasteiger partial charge in [0, 0.05) is 6.08 Å². The Morgan fingerprint density at radius 2 is 1.83 bits per heavy atom. The molecule has 3 atom stereocenters. The molecule has 24 heavy (non-hydrogen) atoms. The lowest BCUT2D eigenvalue weighted by Gasteiger charge is -2.39. The Hall–Kier alpha value is -0.780. The van der Waals surface area contributed by atoms with Gasteiger partial charge in [0.1, 0.15) is 25.3 Å². The van der Waals surface area contributed by atoms with E-state index in [1.54, 1.807) is 6.08 Å². The van der Waals surface area contributed by atoms with Crippen molar-refractivity contribution in [1.29, 1.82) is 0 Å². The quantitative estimate of drug-likeness (QED) is 0.609. The molecule has 132 valence electrons. The molecule has 1 aliphatic rings. The van der Waals surface area contributed by atoms with Crippen LogP contribution < -0.4 is 10.2 Å². The van der Waals surface area contributed by atoms with E-state index in [4.69, 9.17) is 39.5 Å². The average Bonchev–Trinajstić information content (AvgIpc) is 2.49. The number of halogens is 3. The Labute approximate surface area is 157 Å². The van der Waals surface area contributed by atoms with Crippen molar-refractivity contribution in [2.45, 2.75) is 36.0 Å². The van der Waals surface area contributed by atoms with E-state index in [0.717, 1.165) is 10.5 Å². The summed E-state index contributed by atoms with van der Waals surface area (Å²) in [6.45, 7) is 5.27. The second-order valence-corrected chi connectivity index (χ2v) is 8.42. The zero-order valence-electron chi connectivity index (χ0n) is 13.6. The number of hydrogen-bond donors (Lipinski definition) is 2. The fourth-order valence-electron chi connectivity index (χ4n) is 2.89. The van der Waals surface area contributed by atoms with E-state index in [0.29, 0.717) is 13.1 Å². The van der Waals surface area contributed by atoms with Gasteiger partial charge in [-0.1, -0.05) is 65.1 Å². The van der Waals surface area contributed by atoms with Crippen molar-refractivity contribution < 1.29 is 14.4 Å². The van der Waals surface area contributed by atoms with Crippen molar-refractivity contribution >= 4 is 46.8 Å². The van der Waals surface area contributed by atoms with Crippen molar-refractivity contribution in [3.8, 4) is 0 Å². The lowest BCUT2D eigenvalue weighted by molar-refractivity contribution is -0.941. The summed E-state index contributed by atoms with van der Waals surface area (Å²) in [5.74, 6) is -0.297. The highest BCUT2D eigenvalue weighted by Gasteiger charge is 2.44. The summed E-state index contributed by atoms with van der Waals surface area (Å²) in [6, 6.07) is 9.55. The van der Waals surface area contributed by atoms with Crippen LogP contribution in [0.2, 0.25) is 0 Å². The van der Waals surface area contributed by atoms with Crippen molar-refractivity contribution in [3.63, 3.8) is 0 Å². The molecule has 0 bridgehead atoms. The molecule has 2 N–H and O–H groups in total. The normalized spacial score (nSPS) is 26.3. The molecule has 0 aliphatic carbocycles. The monoisotopic (exact) mass is 391 g/mol. The van der Waals surface area contributed by atoms with Crippen molar-refractivity contribution in [1.82, 2.24) is 5.32 Å². The number of amides is 1. The van der Waals surface area contributed by atoms with Gasteiger partial charge in [-0.2, -0.15) is 0 Å². The molecule has 1 fully saturated rings. The topological polar surface area (TPSA) is 42.8 Å². The molecule has 1 aromatic rings. The lowest BCUT2D eigenvalue weighted by atomic mass is 10.2. The average molecular weight is 393 g/mol. The van der Waals surface area contributed by atoms with Gasteiger partial charge in [0.05, 0.1) is 0 Å². The van der Waals surface area contributed by atoms with Crippen LogP contribution in [-0.4, -0.2) is 41.2 Å². The van der Waals surface area contributed by atoms with Crippen LogP contribution in [-0.2, 0) is 9.53 Å². The maximum absolute atomic E-state index is 12.3. The van der Waals surface area contributed by atoms with Crippen molar-refractivity contribution in [2.24, 2.45) is 0 Å². The summed E-state index contributed by atoms with van der Waals surface area (Å²) >= 11 is 18.4. The minimum Gasteiger partial charge on any atom is -0.364 e. The van der Waals surface area contributed by atoms with E-state index in [1.165, 1.54) is 6.08 Å². The van der Waals surface area contributed by atoms with Gasteiger partial charge in [-0.3, -0.25) is 10.1 Å². The maximum Gasteiger partial charge on any atom is 0.262 e. The molecule has 1 heterocycles. The molecule has 0 radical (unpaired) electrons. The van der Waals surface area contributed by atoms with Gasteiger partial charge in [-0.25, -0.2) is 0 Å². The van der Waals surface area contributed by atoms with Crippen LogP contribution in [0, 0.1) is 0 Å². The van der Waals surface area contributed by atoms with E-state index in [9.17, 15) is 4.79 Å². The molecule has 0 spiro atoms. The molecular weight excluding hydrogens is 371 g/mol. The highest BCUT2D eigenvalue weighted by atomic mass is 35.6. The summed E-state index contributed by atoms with van der Waals surface area (Å²) < 4.78 is 4.10. The van der Waals surface area contributed by atoms with Gasteiger partial charge < -0.3 is 9.64 Å². The zero-order chi connectivity index (χ0) is 17.7. The highest BCUT2D eigenvalue weighted by Crippen LogP contribution is 2.28. The van der Waals surface area contributed by atoms with Gasteiger partial charge in [0.2, 0.25) is 12.1 Å². The second kappa shape index (κ2) is 8.54. The summed E-state index contributed by atoms with van der Waals surface area (Å²) in [4.78, 5) is 13.2. The number of alkyl halides is 3. The number of carbonyl (C=O) groups is 1. The van der Waals surface area contributed by atoms with Crippen molar-refractivity contribution in [3.05, 3.63) is 42.0 Å². The predicted molar refractivity (Wildman–Crippen MR) is 98.4 cm³/mol. The first kappa shape index (κ1) is 19.5. The van der Waals surface area contributed by atoms with Crippen LogP contribution in [0.25, 0.3) is 6.08 Å². The number of carbonyl (C=O) groups excluding carboxylic acids is 1. The van der Waals surface area contributed by atoms with Gasteiger partial charge in [-0.15, -0.1) is 0 Å². The number of quaternary nitrogens is 1. The fraction of sp³-hybridized carbons (Fsp3) is 0.471. The van der Waals surface area contributed by atoms with Crippen LogP contribution in [0.4, 0.5) is 0 Å². The fourth-order valence-corrected chi connectivity index (χ4v) is 3.52. The highest BCUT2D eigenvalue weighted by molar-refractivity contribution is 6.68. The minimum atomic E-state index is -1.61. The zero-order valence-corrected chi connectivity index (χ0v) is 15.9. The van der Waals surface area contributed by atoms with Crippen LogP contribution >= 0.6 is 34.8 Å². The summed E-state index contributed by atoms with van der Waals surface area (Å²) in [5.41, 5.74) is 0.930. The molecule has 7 heteroatoms. The lowest BCUT2D eigenvalue weighted by Crippen LogP contribution is -3.22. The molecule has 1 amide bonds. The molecule has 1 aliphatic heterocycles. The van der Waals surface area contributed by atoms with Gasteiger partial charge >= 0.3 is 0 Å². The molecule has 0 saturated carbocycles.